The van der Waals surface area contributed by atoms with E-state index in [9.17, 15) is 19.2 Å². The first-order valence-corrected chi connectivity index (χ1v) is 6.01. The minimum Gasteiger partial charge on any atom is -0.478 e. The molecule has 0 spiro atoms. The fraction of sp³-hybridized carbons (Fsp3) is 0.231. The molecule has 0 unspecified atom stereocenters. The van der Waals surface area contributed by atoms with Gasteiger partial charge in [-0.15, -0.1) is 0 Å². The standard InChI is InChI=1S/C13H13N3O5/c1-15(2)10(17)6-16-9-5-7(13(20)21)3-4-8(9)14-11(18)12(16)19/h3-5H,6H2,1-2H3,(H,14,18)(H,20,21). The summed E-state index contributed by atoms with van der Waals surface area (Å²) in [7, 11) is 3.04. The van der Waals surface area contributed by atoms with Gasteiger partial charge in [-0.05, 0) is 18.2 Å². The molecule has 0 radical (unpaired) electrons. The molecule has 21 heavy (non-hydrogen) atoms. The van der Waals surface area contributed by atoms with Crippen LogP contribution >= 0.6 is 0 Å². The van der Waals surface area contributed by atoms with Crippen molar-refractivity contribution >= 4 is 22.9 Å². The zero-order chi connectivity index (χ0) is 15.7. The van der Waals surface area contributed by atoms with E-state index in [1.807, 2.05) is 0 Å². The molecule has 0 aliphatic carbocycles. The molecule has 1 aromatic carbocycles. The molecule has 2 aromatic rings. The summed E-state index contributed by atoms with van der Waals surface area (Å²) in [6, 6.07) is 3.94. The summed E-state index contributed by atoms with van der Waals surface area (Å²) in [5.74, 6) is -1.55. The number of aromatic nitrogens is 2. The lowest BCUT2D eigenvalue weighted by molar-refractivity contribution is -0.129. The van der Waals surface area contributed by atoms with E-state index in [2.05, 4.69) is 4.98 Å². The number of hydrogen-bond acceptors (Lipinski definition) is 4. The molecule has 8 nitrogen and oxygen atoms in total. The number of carboxylic acids is 1. The normalized spacial score (nSPS) is 10.6. The monoisotopic (exact) mass is 291 g/mol. The average Bonchev–Trinajstić information content (AvgIpc) is 2.42. The third kappa shape index (κ3) is 2.69. The molecule has 0 aliphatic rings. The van der Waals surface area contributed by atoms with Crippen molar-refractivity contribution < 1.29 is 14.7 Å². The third-order valence-electron chi connectivity index (χ3n) is 3.02. The lowest BCUT2D eigenvalue weighted by Crippen LogP contribution is -2.40. The van der Waals surface area contributed by atoms with Gasteiger partial charge in [0.05, 0.1) is 16.6 Å². The fourth-order valence-corrected chi connectivity index (χ4v) is 1.84. The van der Waals surface area contributed by atoms with Gasteiger partial charge in [-0.25, -0.2) is 4.79 Å². The number of rotatable bonds is 3. The van der Waals surface area contributed by atoms with Gasteiger partial charge in [0.1, 0.15) is 6.54 Å². The molecular formula is C13H13N3O5. The number of carbonyl (C=O) groups is 2. The smallest absolute Gasteiger partial charge is 0.335 e. The lowest BCUT2D eigenvalue weighted by Gasteiger charge is -2.13. The van der Waals surface area contributed by atoms with E-state index in [1.54, 1.807) is 0 Å². The number of fused-ring (bicyclic) bond motifs is 1. The third-order valence-corrected chi connectivity index (χ3v) is 3.02. The maximum absolute atomic E-state index is 11.9. The van der Waals surface area contributed by atoms with E-state index in [-0.39, 0.29) is 29.0 Å². The summed E-state index contributed by atoms with van der Waals surface area (Å²) >= 11 is 0. The van der Waals surface area contributed by atoms with E-state index in [4.69, 9.17) is 5.11 Å². The Labute approximate surface area is 118 Å². The van der Waals surface area contributed by atoms with Crippen LogP contribution in [0.3, 0.4) is 0 Å². The number of aromatic amines is 1. The number of amides is 1. The number of likely N-dealkylation sites (N-methyl/N-ethyl adjacent to an activating group) is 1. The Kier molecular flexibility index (Phi) is 3.62. The van der Waals surface area contributed by atoms with Crippen LogP contribution < -0.4 is 11.1 Å². The minimum absolute atomic E-state index is 0.0417. The van der Waals surface area contributed by atoms with E-state index in [1.165, 1.54) is 37.2 Å². The molecule has 0 bridgehead atoms. The van der Waals surface area contributed by atoms with Gasteiger partial charge in [-0.2, -0.15) is 0 Å². The van der Waals surface area contributed by atoms with Crippen molar-refractivity contribution in [1.82, 2.24) is 14.5 Å². The molecule has 1 aromatic heterocycles. The van der Waals surface area contributed by atoms with E-state index >= 15 is 0 Å². The van der Waals surface area contributed by atoms with Crippen LogP contribution in [0.5, 0.6) is 0 Å². The highest BCUT2D eigenvalue weighted by Gasteiger charge is 2.14. The van der Waals surface area contributed by atoms with Crippen molar-refractivity contribution in [1.29, 1.82) is 0 Å². The Bertz CT molecular complexity index is 847. The largest absolute Gasteiger partial charge is 0.478 e. The summed E-state index contributed by atoms with van der Waals surface area (Å²) < 4.78 is 0.975. The molecule has 110 valence electrons. The fourth-order valence-electron chi connectivity index (χ4n) is 1.84. The van der Waals surface area contributed by atoms with Gasteiger partial charge in [0.2, 0.25) is 5.91 Å². The SMILES string of the molecule is CN(C)C(=O)Cn1c(=O)c(=O)[nH]c2ccc(C(=O)O)cc21. The maximum Gasteiger partial charge on any atom is 0.335 e. The van der Waals surface area contributed by atoms with Crippen molar-refractivity contribution in [3.05, 3.63) is 44.5 Å². The molecule has 0 saturated heterocycles. The van der Waals surface area contributed by atoms with Gasteiger partial charge < -0.3 is 15.0 Å². The lowest BCUT2D eigenvalue weighted by atomic mass is 10.2. The molecule has 1 heterocycles. The van der Waals surface area contributed by atoms with Crippen LogP contribution in [-0.2, 0) is 11.3 Å². The van der Waals surface area contributed by atoms with Gasteiger partial charge in [0.25, 0.3) is 0 Å². The zero-order valence-corrected chi connectivity index (χ0v) is 11.4. The van der Waals surface area contributed by atoms with Gasteiger partial charge in [0, 0.05) is 14.1 Å². The van der Waals surface area contributed by atoms with Crippen molar-refractivity contribution in [3.8, 4) is 0 Å². The molecule has 0 saturated carbocycles. The van der Waals surface area contributed by atoms with Crippen molar-refractivity contribution in [2.75, 3.05) is 14.1 Å². The van der Waals surface area contributed by atoms with Crippen LogP contribution in [0, 0.1) is 0 Å². The summed E-state index contributed by atoms with van der Waals surface area (Å²) in [5, 5.41) is 8.99. The topological polar surface area (TPSA) is 112 Å². The van der Waals surface area contributed by atoms with Crippen LogP contribution in [0.15, 0.2) is 27.8 Å². The minimum atomic E-state index is -1.17. The highest BCUT2D eigenvalue weighted by atomic mass is 16.4. The Hall–Kier alpha value is -2.90. The first-order chi connectivity index (χ1) is 9.81. The summed E-state index contributed by atoms with van der Waals surface area (Å²) in [4.78, 5) is 49.9. The Balaban J connectivity index is 2.75. The first kappa shape index (κ1) is 14.5. The van der Waals surface area contributed by atoms with Gasteiger partial charge >= 0.3 is 17.1 Å². The summed E-state index contributed by atoms with van der Waals surface area (Å²) in [6.07, 6.45) is 0. The molecule has 0 atom stereocenters. The number of carboxylic acid groups (broad SMARTS) is 1. The van der Waals surface area contributed by atoms with Crippen LogP contribution in [0.2, 0.25) is 0 Å². The van der Waals surface area contributed by atoms with Gasteiger partial charge in [-0.3, -0.25) is 19.0 Å². The second-order valence-electron chi connectivity index (χ2n) is 4.67. The highest BCUT2D eigenvalue weighted by molar-refractivity contribution is 5.92. The summed E-state index contributed by atoms with van der Waals surface area (Å²) in [5.41, 5.74) is -1.33. The predicted octanol–water partition coefficient (Wildman–Crippen LogP) is -0.524. The van der Waals surface area contributed by atoms with E-state index in [0.717, 1.165) is 4.57 Å². The second kappa shape index (κ2) is 5.23. The zero-order valence-electron chi connectivity index (χ0n) is 11.4. The van der Waals surface area contributed by atoms with Crippen molar-refractivity contribution in [3.63, 3.8) is 0 Å². The van der Waals surface area contributed by atoms with Gasteiger partial charge in [0.15, 0.2) is 0 Å². The molecule has 2 rings (SSSR count). The quantitative estimate of drug-likeness (QED) is 0.739. The van der Waals surface area contributed by atoms with Crippen LogP contribution in [-0.4, -0.2) is 45.5 Å². The first-order valence-electron chi connectivity index (χ1n) is 6.01. The number of aromatic carboxylic acids is 1. The van der Waals surface area contributed by atoms with Crippen molar-refractivity contribution in [2.45, 2.75) is 6.54 Å². The maximum atomic E-state index is 11.9. The molecule has 8 heteroatoms. The number of benzene rings is 1. The molecule has 2 N–H and O–H groups in total. The molecular weight excluding hydrogens is 278 g/mol. The number of nitrogens with zero attached hydrogens (tertiary/aromatic N) is 2. The van der Waals surface area contributed by atoms with Crippen LogP contribution in [0.1, 0.15) is 10.4 Å². The number of carbonyl (C=O) groups excluding carboxylic acids is 1. The Morgan fingerprint density at radius 2 is 1.95 bits per heavy atom. The van der Waals surface area contributed by atoms with Gasteiger partial charge in [-0.1, -0.05) is 0 Å². The number of hydrogen-bond donors (Lipinski definition) is 2. The average molecular weight is 291 g/mol. The Morgan fingerprint density at radius 1 is 1.29 bits per heavy atom. The second-order valence-corrected chi connectivity index (χ2v) is 4.67. The van der Waals surface area contributed by atoms with Crippen molar-refractivity contribution in [2.24, 2.45) is 0 Å². The predicted molar refractivity (Wildman–Crippen MR) is 74.5 cm³/mol. The highest BCUT2D eigenvalue weighted by Crippen LogP contribution is 2.12. The molecule has 0 aliphatic heterocycles. The Morgan fingerprint density at radius 3 is 2.52 bits per heavy atom. The van der Waals surface area contributed by atoms with E-state index in [0.29, 0.717) is 0 Å². The number of H-pyrrole nitrogens is 1. The van der Waals surface area contributed by atoms with Crippen LogP contribution in [0.4, 0.5) is 0 Å². The van der Waals surface area contributed by atoms with E-state index < -0.39 is 17.1 Å². The molecule has 0 fully saturated rings. The summed E-state index contributed by atoms with van der Waals surface area (Å²) in [6.45, 7) is -0.338. The number of nitrogens with one attached hydrogen (secondary N) is 1. The molecule has 1 amide bonds. The van der Waals surface area contributed by atoms with Crippen LogP contribution in [0.25, 0.3) is 11.0 Å².